The lowest BCUT2D eigenvalue weighted by molar-refractivity contribution is 0.610. The molecule has 188 valence electrons. The van der Waals surface area contributed by atoms with Gasteiger partial charge in [-0.25, -0.2) is 19.0 Å². The molecule has 2 heterocycles. The molecule has 1 fully saturated rings. The minimum atomic E-state index is -1.54. The highest BCUT2D eigenvalue weighted by atomic mass is 19.1. The molecule has 0 radical (unpaired) electrons. The van der Waals surface area contributed by atoms with Gasteiger partial charge >= 0.3 is 0 Å². The second-order valence-electron chi connectivity index (χ2n) is 9.25. The number of benzene rings is 3. The lowest BCUT2D eigenvalue weighted by atomic mass is 10.0. The fourth-order valence-corrected chi connectivity index (χ4v) is 4.40. The maximum Gasteiger partial charge on any atom is 0.137 e. The van der Waals surface area contributed by atoms with Gasteiger partial charge in [-0.2, -0.15) is 5.26 Å². The Morgan fingerprint density at radius 3 is 2.61 bits per heavy atom. The van der Waals surface area contributed by atoms with Crippen LogP contribution >= 0.6 is 0 Å². The minimum Gasteiger partial charge on any atom is -0.373 e. The van der Waals surface area contributed by atoms with E-state index in [1.54, 1.807) is 23.0 Å². The summed E-state index contributed by atoms with van der Waals surface area (Å²) in [4.78, 5) is 8.88. The first-order valence-electron chi connectivity index (χ1n) is 12.9. The van der Waals surface area contributed by atoms with E-state index in [4.69, 9.17) is 0 Å². The van der Waals surface area contributed by atoms with Crippen molar-refractivity contribution in [3.8, 4) is 6.07 Å². The molecule has 1 unspecified atom stereocenters. The first kappa shape index (κ1) is 22.4. The van der Waals surface area contributed by atoms with E-state index in [9.17, 15) is 11.0 Å². The van der Waals surface area contributed by atoms with Gasteiger partial charge in [-0.3, -0.25) is 0 Å². The lowest BCUT2D eigenvalue weighted by Gasteiger charge is -2.20. The Morgan fingerprint density at radius 1 is 1.03 bits per heavy atom. The van der Waals surface area contributed by atoms with Crippen molar-refractivity contribution in [1.29, 1.82) is 5.26 Å². The summed E-state index contributed by atoms with van der Waals surface area (Å²) in [5.74, 6) is 0.191. The molecular formula is C29H25FN8. The fourth-order valence-electron chi connectivity index (χ4n) is 4.40. The molecule has 2 aromatic heterocycles. The molecule has 38 heavy (non-hydrogen) atoms. The van der Waals surface area contributed by atoms with Crippen molar-refractivity contribution < 1.29 is 5.76 Å². The van der Waals surface area contributed by atoms with Crippen LogP contribution in [-0.2, 0) is 0 Å². The highest BCUT2D eigenvalue weighted by Crippen LogP contribution is 2.35. The molecule has 3 aromatic carbocycles. The van der Waals surface area contributed by atoms with Crippen LogP contribution < -0.4 is 10.6 Å². The van der Waals surface area contributed by atoms with Crippen LogP contribution in [0.15, 0.2) is 85.3 Å². The van der Waals surface area contributed by atoms with Crippen LogP contribution in [0.1, 0.15) is 55.6 Å². The molecule has 9 heteroatoms. The monoisotopic (exact) mass is 505 g/mol. The smallest absolute Gasteiger partial charge is 0.137 e. The Morgan fingerprint density at radius 2 is 1.84 bits per heavy atom. The van der Waals surface area contributed by atoms with E-state index in [0.29, 0.717) is 34.3 Å². The number of hydrogen-bond acceptors (Lipinski definition) is 7. The number of nitriles is 1. The summed E-state index contributed by atoms with van der Waals surface area (Å²) in [5.41, 5.74) is 3.23. The third-order valence-corrected chi connectivity index (χ3v) is 6.53. The van der Waals surface area contributed by atoms with Gasteiger partial charge in [0, 0.05) is 11.1 Å². The highest BCUT2D eigenvalue weighted by molar-refractivity contribution is 5.91. The Kier molecular flexibility index (Phi) is 6.04. The minimum absolute atomic E-state index is 0.254. The summed E-state index contributed by atoms with van der Waals surface area (Å²) in [7, 11) is 0. The van der Waals surface area contributed by atoms with Crippen LogP contribution in [0.2, 0.25) is 0 Å². The van der Waals surface area contributed by atoms with Crippen molar-refractivity contribution in [2.45, 2.75) is 37.4 Å². The van der Waals surface area contributed by atoms with Crippen molar-refractivity contribution >= 4 is 22.4 Å². The van der Waals surface area contributed by atoms with Gasteiger partial charge in [-0.1, -0.05) is 47.7 Å². The van der Waals surface area contributed by atoms with Gasteiger partial charge in [0.25, 0.3) is 0 Å². The van der Waals surface area contributed by atoms with Crippen LogP contribution in [0.5, 0.6) is 0 Å². The van der Waals surface area contributed by atoms with Gasteiger partial charge in [0.15, 0.2) is 0 Å². The van der Waals surface area contributed by atoms with Gasteiger partial charge < -0.3 is 10.6 Å². The molecule has 8 nitrogen and oxygen atoms in total. The molecule has 1 aliphatic carbocycles. The van der Waals surface area contributed by atoms with Crippen LogP contribution in [0.25, 0.3) is 10.9 Å². The van der Waals surface area contributed by atoms with Gasteiger partial charge in [0.1, 0.15) is 23.7 Å². The molecule has 1 saturated carbocycles. The van der Waals surface area contributed by atoms with Crippen LogP contribution in [-0.4, -0.2) is 25.0 Å². The van der Waals surface area contributed by atoms with Gasteiger partial charge in [-0.15, -0.1) is 5.10 Å². The number of nitrogens with zero attached hydrogens (tertiary/aromatic N) is 6. The van der Waals surface area contributed by atoms with Gasteiger partial charge in [0.05, 0.1) is 43.7 Å². The first-order chi connectivity index (χ1) is 19.0. The Labute approximate surface area is 220 Å². The van der Waals surface area contributed by atoms with Crippen molar-refractivity contribution in [1.82, 2.24) is 25.0 Å². The molecule has 1 aliphatic rings. The number of anilines is 2. The molecule has 0 spiro atoms. The zero-order valence-corrected chi connectivity index (χ0v) is 20.4. The SMILES string of the molecule is [2H][C@](Nc1ccc2ncnc(NC(CC#N)c3ccccc3)c2c1)(c1ccc(F)cc1)c1cn(C2CC2)nn1. The van der Waals surface area contributed by atoms with E-state index in [0.717, 1.165) is 23.8 Å². The van der Waals surface area contributed by atoms with Gasteiger partial charge in [-0.05, 0) is 54.3 Å². The van der Waals surface area contributed by atoms with Crippen LogP contribution in [0, 0.1) is 17.1 Å². The summed E-state index contributed by atoms with van der Waals surface area (Å²) in [6.45, 7) is 0. The maximum atomic E-state index is 13.8. The third kappa shape index (κ3) is 5.02. The number of halogens is 1. The zero-order chi connectivity index (χ0) is 26.8. The molecule has 0 saturated heterocycles. The quantitative estimate of drug-likeness (QED) is 0.255. The Hall–Kier alpha value is -4.84. The van der Waals surface area contributed by atoms with Crippen molar-refractivity contribution in [2.75, 3.05) is 10.6 Å². The Bertz CT molecular complexity index is 1650. The molecule has 2 N–H and O–H groups in total. The van der Waals surface area contributed by atoms with E-state index >= 15 is 0 Å². The zero-order valence-electron chi connectivity index (χ0n) is 21.4. The van der Waals surface area contributed by atoms with E-state index < -0.39 is 6.02 Å². The van der Waals surface area contributed by atoms with Crippen LogP contribution in [0.4, 0.5) is 15.9 Å². The van der Waals surface area contributed by atoms with E-state index in [-0.39, 0.29) is 18.3 Å². The molecule has 0 amide bonds. The number of hydrogen-bond donors (Lipinski definition) is 2. The predicted molar refractivity (Wildman–Crippen MR) is 143 cm³/mol. The molecule has 0 aliphatic heterocycles. The molecule has 6 rings (SSSR count). The average molecular weight is 506 g/mol. The lowest BCUT2D eigenvalue weighted by Crippen LogP contribution is -2.14. The molecule has 2 atom stereocenters. The van der Waals surface area contributed by atoms with E-state index in [2.05, 4.69) is 37.0 Å². The van der Waals surface area contributed by atoms with Gasteiger partial charge in [0.2, 0.25) is 0 Å². The van der Waals surface area contributed by atoms with Crippen molar-refractivity contribution in [3.63, 3.8) is 0 Å². The summed E-state index contributed by atoms with van der Waals surface area (Å²) >= 11 is 0. The first-order valence-corrected chi connectivity index (χ1v) is 12.4. The standard InChI is InChI=1S/C29H25FN8/c30-21-8-6-20(7-9-21)28(27-17-38(37-36-27)23-11-12-23)34-22-10-13-26-24(16-22)29(33-18-32-26)35-25(14-15-31)19-4-2-1-3-5-19/h1-10,13,16-18,23,25,28,34H,11-12,14H2,(H,32,33,35)/t25?,28-/m0/s1/i28D. The van der Waals surface area contributed by atoms with Crippen molar-refractivity contribution in [2.24, 2.45) is 0 Å². The van der Waals surface area contributed by atoms with E-state index in [1.807, 2.05) is 48.5 Å². The summed E-state index contributed by atoms with van der Waals surface area (Å²) < 4.78 is 25.1. The topological polar surface area (TPSA) is 104 Å². The largest absolute Gasteiger partial charge is 0.373 e. The number of aromatic nitrogens is 5. The number of fused-ring (bicyclic) bond motifs is 1. The molecule has 0 bridgehead atoms. The van der Waals surface area contributed by atoms with Crippen LogP contribution in [0.3, 0.4) is 0 Å². The molecule has 5 aromatic rings. The van der Waals surface area contributed by atoms with E-state index in [1.165, 1.54) is 18.5 Å². The fraction of sp³-hybridized carbons (Fsp3) is 0.207. The third-order valence-electron chi connectivity index (χ3n) is 6.53. The summed E-state index contributed by atoms with van der Waals surface area (Å²) in [6, 6.07) is 21.9. The Balaban J connectivity index is 1.38. The molecular weight excluding hydrogens is 479 g/mol. The highest BCUT2D eigenvalue weighted by Gasteiger charge is 2.27. The maximum absolute atomic E-state index is 13.8. The van der Waals surface area contributed by atoms with Crippen molar-refractivity contribution in [3.05, 3.63) is 108 Å². The average Bonchev–Trinajstić information content (AvgIpc) is 3.69. The predicted octanol–water partition coefficient (Wildman–Crippen LogP) is 5.96. The normalized spacial score (nSPS) is 15.7. The number of nitrogens with one attached hydrogen (secondary N) is 2. The second-order valence-corrected chi connectivity index (χ2v) is 9.25. The second kappa shape index (κ2) is 10.3. The summed E-state index contributed by atoms with van der Waals surface area (Å²) in [6.07, 6.45) is 5.59. The number of rotatable bonds is 9. The summed E-state index contributed by atoms with van der Waals surface area (Å²) in [5, 5.41) is 25.4.